The molecule has 2 fully saturated rings. The van der Waals surface area contributed by atoms with Crippen molar-refractivity contribution in [3.05, 3.63) is 0 Å². The smallest absolute Gasteiger partial charge is 0.279 e. The molecule has 0 spiro atoms. The lowest BCUT2D eigenvalue weighted by atomic mass is 10.3. The zero-order chi connectivity index (χ0) is 10.7. The highest BCUT2D eigenvalue weighted by Gasteiger charge is 2.29. The van der Waals surface area contributed by atoms with Crippen molar-refractivity contribution in [2.45, 2.75) is 12.7 Å². The number of piperazine rings is 1. The molecule has 2 heterocycles. The molecule has 2 saturated heterocycles. The molecule has 86 valence electrons. The number of nitrogens with zero attached hydrogens (tertiary/aromatic N) is 2. The molecule has 0 aliphatic carbocycles. The Balaban J connectivity index is 1.84. The van der Waals surface area contributed by atoms with Crippen LogP contribution in [-0.4, -0.2) is 68.4 Å². The fraction of sp³-hybridized carbons (Fsp3) is 0.900. The number of hydrogen-bond acceptors (Lipinski definition) is 4. The maximum absolute atomic E-state index is 11.9. The quantitative estimate of drug-likeness (QED) is 0.591. The second-order valence-electron chi connectivity index (χ2n) is 4.06. The summed E-state index contributed by atoms with van der Waals surface area (Å²) < 4.78 is 10.6. The van der Waals surface area contributed by atoms with E-state index in [-0.39, 0.29) is 5.91 Å². The topological polar surface area (TPSA) is 42.0 Å². The molecule has 5 heteroatoms. The van der Waals surface area contributed by atoms with E-state index in [2.05, 4.69) is 11.9 Å². The first kappa shape index (κ1) is 10.9. The van der Waals surface area contributed by atoms with Crippen molar-refractivity contribution in [1.82, 2.24) is 9.80 Å². The number of carbonyl (C=O) groups is 1. The molecule has 0 aromatic carbocycles. The zero-order valence-corrected chi connectivity index (χ0v) is 9.15. The van der Waals surface area contributed by atoms with Crippen molar-refractivity contribution < 1.29 is 14.3 Å². The minimum atomic E-state index is -0.651. The second kappa shape index (κ2) is 4.92. The van der Waals surface area contributed by atoms with E-state index in [1.807, 2.05) is 4.90 Å². The van der Waals surface area contributed by atoms with Crippen LogP contribution in [0.4, 0.5) is 0 Å². The summed E-state index contributed by atoms with van der Waals surface area (Å²) in [5, 5.41) is 0. The molecule has 0 aromatic rings. The first-order valence-electron chi connectivity index (χ1n) is 5.48. The number of amides is 1. The van der Waals surface area contributed by atoms with E-state index >= 15 is 0 Å². The third-order valence-corrected chi connectivity index (χ3v) is 2.84. The Hall–Kier alpha value is -0.650. The molecule has 0 bridgehead atoms. The summed E-state index contributed by atoms with van der Waals surface area (Å²) in [5.74, 6) is -0.0113. The van der Waals surface area contributed by atoms with E-state index < -0.39 is 6.29 Å². The van der Waals surface area contributed by atoms with E-state index in [0.29, 0.717) is 13.2 Å². The van der Waals surface area contributed by atoms with Gasteiger partial charge in [-0.15, -0.1) is 0 Å². The fourth-order valence-corrected chi connectivity index (χ4v) is 1.81. The molecule has 2 aliphatic rings. The van der Waals surface area contributed by atoms with Crippen molar-refractivity contribution in [3.8, 4) is 0 Å². The van der Waals surface area contributed by atoms with E-state index in [4.69, 9.17) is 9.47 Å². The standard InChI is InChI=1S/C10H18N2O3/c1-11-3-5-12(6-4-11)9(13)10-14-7-2-8-15-10/h10H,2-8H2,1H3. The number of carbonyl (C=O) groups excluding carboxylic acids is 1. The molecule has 0 radical (unpaired) electrons. The van der Waals surface area contributed by atoms with E-state index in [0.717, 1.165) is 32.6 Å². The van der Waals surface area contributed by atoms with Crippen LogP contribution in [0.1, 0.15) is 6.42 Å². The molecule has 0 atom stereocenters. The third-order valence-electron chi connectivity index (χ3n) is 2.84. The zero-order valence-electron chi connectivity index (χ0n) is 9.15. The molecular formula is C10H18N2O3. The number of likely N-dealkylation sites (N-methyl/N-ethyl adjacent to an activating group) is 1. The number of ether oxygens (including phenoxy) is 2. The molecule has 1 amide bonds. The van der Waals surface area contributed by atoms with Gasteiger partial charge in [-0.3, -0.25) is 4.79 Å². The first-order chi connectivity index (χ1) is 7.27. The molecule has 2 rings (SSSR count). The minimum absolute atomic E-state index is 0.0113. The summed E-state index contributed by atoms with van der Waals surface area (Å²) in [5.41, 5.74) is 0. The van der Waals surface area contributed by atoms with Crippen LogP contribution in [0.3, 0.4) is 0 Å². The lowest BCUT2D eigenvalue weighted by molar-refractivity contribution is -0.200. The molecule has 0 unspecified atom stereocenters. The Morgan fingerprint density at radius 2 is 1.73 bits per heavy atom. The summed E-state index contributed by atoms with van der Waals surface area (Å²) in [6.07, 6.45) is 0.231. The number of rotatable bonds is 1. The Morgan fingerprint density at radius 3 is 2.33 bits per heavy atom. The van der Waals surface area contributed by atoms with Gasteiger partial charge in [0, 0.05) is 26.2 Å². The molecular weight excluding hydrogens is 196 g/mol. The highest BCUT2D eigenvalue weighted by Crippen LogP contribution is 2.10. The lowest BCUT2D eigenvalue weighted by Gasteiger charge is -2.35. The summed E-state index contributed by atoms with van der Waals surface area (Å²) in [7, 11) is 2.06. The molecule has 0 aromatic heterocycles. The number of hydrogen-bond donors (Lipinski definition) is 0. The molecule has 0 saturated carbocycles. The van der Waals surface area contributed by atoms with Crippen molar-refractivity contribution in [3.63, 3.8) is 0 Å². The van der Waals surface area contributed by atoms with Gasteiger partial charge in [-0.05, 0) is 13.5 Å². The summed E-state index contributed by atoms with van der Waals surface area (Å²) in [4.78, 5) is 16.0. The lowest BCUT2D eigenvalue weighted by Crippen LogP contribution is -2.52. The largest absolute Gasteiger partial charge is 0.344 e. The van der Waals surface area contributed by atoms with Gasteiger partial charge in [0.25, 0.3) is 5.91 Å². The maximum Gasteiger partial charge on any atom is 0.279 e. The van der Waals surface area contributed by atoms with Gasteiger partial charge in [-0.25, -0.2) is 0 Å². The fourth-order valence-electron chi connectivity index (χ4n) is 1.81. The van der Waals surface area contributed by atoms with Crippen molar-refractivity contribution in [1.29, 1.82) is 0 Å². The van der Waals surface area contributed by atoms with E-state index in [9.17, 15) is 4.79 Å². The van der Waals surface area contributed by atoms with Crippen molar-refractivity contribution in [2.75, 3.05) is 46.4 Å². The normalized spacial score (nSPS) is 25.5. The summed E-state index contributed by atoms with van der Waals surface area (Å²) in [6, 6.07) is 0. The van der Waals surface area contributed by atoms with E-state index in [1.54, 1.807) is 0 Å². The van der Waals surface area contributed by atoms with Crippen LogP contribution in [0.5, 0.6) is 0 Å². The van der Waals surface area contributed by atoms with Crippen LogP contribution in [0, 0.1) is 0 Å². The Labute approximate surface area is 89.9 Å². The van der Waals surface area contributed by atoms with Gasteiger partial charge in [0.1, 0.15) is 0 Å². The first-order valence-corrected chi connectivity index (χ1v) is 5.48. The predicted molar refractivity (Wildman–Crippen MR) is 54.4 cm³/mol. The van der Waals surface area contributed by atoms with Crippen LogP contribution in [-0.2, 0) is 14.3 Å². The van der Waals surface area contributed by atoms with Gasteiger partial charge in [-0.2, -0.15) is 0 Å². The van der Waals surface area contributed by atoms with Gasteiger partial charge in [0.15, 0.2) is 0 Å². The van der Waals surface area contributed by atoms with Gasteiger partial charge >= 0.3 is 0 Å². The van der Waals surface area contributed by atoms with Crippen LogP contribution < -0.4 is 0 Å². The average Bonchev–Trinajstić information content (AvgIpc) is 2.30. The van der Waals surface area contributed by atoms with Gasteiger partial charge in [0.05, 0.1) is 13.2 Å². The summed E-state index contributed by atoms with van der Waals surface area (Å²) in [6.45, 7) is 4.67. The molecule has 0 N–H and O–H groups in total. The van der Waals surface area contributed by atoms with Crippen molar-refractivity contribution >= 4 is 5.91 Å². The van der Waals surface area contributed by atoms with Crippen LogP contribution in [0.2, 0.25) is 0 Å². The van der Waals surface area contributed by atoms with Gasteiger partial charge in [-0.1, -0.05) is 0 Å². The highest BCUT2D eigenvalue weighted by molar-refractivity contribution is 5.79. The molecule has 15 heavy (non-hydrogen) atoms. The van der Waals surface area contributed by atoms with Crippen LogP contribution >= 0.6 is 0 Å². The summed E-state index contributed by atoms with van der Waals surface area (Å²) >= 11 is 0. The van der Waals surface area contributed by atoms with Crippen molar-refractivity contribution in [2.24, 2.45) is 0 Å². The van der Waals surface area contributed by atoms with Gasteiger partial charge < -0.3 is 19.3 Å². The Morgan fingerprint density at radius 1 is 1.13 bits per heavy atom. The van der Waals surface area contributed by atoms with Crippen LogP contribution in [0.15, 0.2) is 0 Å². The highest BCUT2D eigenvalue weighted by atomic mass is 16.7. The monoisotopic (exact) mass is 214 g/mol. The molecule has 2 aliphatic heterocycles. The predicted octanol–water partition coefficient (Wildman–Crippen LogP) is -0.477. The van der Waals surface area contributed by atoms with E-state index in [1.165, 1.54) is 0 Å². The molecule has 5 nitrogen and oxygen atoms in total. The Kier molecular flexibility index (Phi) is 3.56. The SMILES string of the molecule is CN1CCN(C(=O)C2OCCCO2)CC1. The Bertz CT molecular complexity index is 221. The van der Waals surface area contributed by atoms with Crippen LogP contribution in [0.25, 0.3) is 0 Å². The third kappa shape index (κ3) is 2.68. The minimum Gasteiger partial charge on any atom is -0.344 e. The maximum atomic E-state index is 11.9. The van der Waals surface area contributed by atoms with Gasteiger partial charge in [0.2, 0.25) is 6.29 Å². The average molecular weight is 214 g/mol. The second-order valence-corrected chi connectivity index (χ2v) is 4.06.